The van der Waals surface area contributed by atoms with Gasteiger partial charge in [-0.15, -0.1) is 0 Å². The van der Waals surface area contributed by atoms with Crippen molar-refractivity contribution in [2.75, 3.05) is 6.54 Å². The molecular weight excluding hydrogens is 329 g/mol. The van der Waals surface area contributed by atoms with Crippen LogP contribution in [0.1, 0.15) is 15.9 Å². The first-order valence-electron chi connectivity index (χ1n) is 7.14. The standard InChI is InChI=1S/C18H12FNO3S/c19-14-8-6-12(7-9-14)10-16-17(22)20(18(23)24-16)11-15(21)13-4-2-1-3-5-13/h1-10H,11H2/b16-10-. The van der Waals surface area contributed by atoms with Gasteiger partial charge in [-0.1, -0.05) is 42.5 Å². The molecule has 0 spiro atoms. The zero-order valence-corrected chi connectivity index (χ0v) is 13.3. The lowest BCUT2D eigenvalue weighted by Crippen LogP contribution is -2.33. The van der Waals surface area contributed by atoms with Crippen LogP contribution in [0.25, 0.3) is 6.08 Å². The van der Waals surface area contributed by atoms with Crippen LogP contribution in [0.15, 0.2) is 59.5 Å². The van der Waals surface area contributed by atoms with Crippen LogP contribution < -0.4 is 0 Å². The topological polar surface area (TPSA) is 54.5 Å². The van der Waals surface area contributed by atoms with E-state index in [2.05, 4.69) is 0 Å². The molecule has 0 saturated carbocycles. The van der Waals surface area contributed by atoms with Gasteiger partial charge in [-0.05, 0) is 35.5 Å². The minimum Gasteiger partial charge on any atom is -0.292 e. The van der Waals surface area contributed by atoms with E-state index in [9.17, 15) is 18.8 Å². The number of carbonyl (C=O) groups is 3. The molecule has 1 fully saturated rings. The van der Waals surface area contributed by atoms with E-state index in [1.807, 2.05) is 0 Å². The quantitative estimate of drug-likeness (QED) is 0.628. The highest BCUT2D eigenvalue weighted by atomic mass is 32.2. The summed E-state index contributed by atoms with van der Waals surface area (Å²) in [5.74, 6) is -1.20. The van der Waals surface area contributed by atoms with E-state index in [-0.39, 0.29) is 23.1 Å². The average Bonchev–Trinajstić information content (AvgIpc) is 2.85. The van der Waals surface area contributed by atoms with E-state index in [0.29, 0.717) is 11.1 Å². The van der Waals surface area contributed by atoms with Crippen LogP contribution in [0.3, 0.4) is 0 Å². The summed E-state index contributed by atoms with van der Waals surface area (Å²) in [7, 11) is 0. The summed E-state index contributed by atoms with van der Waals surface area (Å²) in [6.45, 7) is -0.296. The second-order valence-corrected chi connectivity index (χ2v) is 6.10. The van der Waals surface area contributed by atoms with Crippen LogP contribution in [-0.4, -0.2) is 28.4 Å². The van der Waals surface area contributed by atoms with Gasteiger partial charge in [0.2, 0.25) is 0 Å². The third-order valence-corrected chi connectivity index (χ3v) is 4.35. The molecule has 3 rings (SSSR count). The fourth-order valence-corrected chi connectivity index (χ4v) is 3.04. The molecule has 0 radical (unpaired) electrons. The number of nitrogens with zero attached hydrogens (tertiary/aromatic N) is 1. The molecule has 24 heavy (non-hydrogen) atoms. The van der Waals surface area contributed by atoms with E-state index in [1.165, 1.54) is 30.3 Å². The zero-order chi connectivity index (χ0) is 17.1. The van der Waals surface area contributed by atoms with Gasteiger partial charge in [0, 0.05) is 5.56 Å². The second kappa shape index (κ2) is 6.80. The number of hydrogen-bond acceptors (Lipinski definition) is 4. The molecule has 1 saturated heterocycles. The average molecular weight is 341 g/mol. The first-order chi connectivity index (χ1) is 11.5. The Labute approximate surface area is 142 Å². The number of thioether (sulfide) groups is 1. The number of rotatable bonds is 4. The molecule has 2 aromatic rings. The van der Waals surface area contributed by atoms with Gasteiger partial charge >= 0.3 is 0 Å². The van der Waals surface area contributed by atoms with Crippen molar-refractivity contribution < 1.29 is 18.8 Å². The van der Waals surface area contributed by atoms with E-state index in [1.54, 1.807) is 30.3 Å². The van der Waals surface area contributed by atoms with Gasteiger partial charge in [0.15, 0.2) is 5.78 Å². The number of amides is 2. The lowest BCUT2D eigenvalue weighted by atomic mass is 10.1. The number of ketones is 1. The summed E-state index contributed by atoms with van der Waals surface area (Å²) in [5.41, 5.74) is 1.05. The van der Waals surface area contributed by atoms with Gasteiger partial charge in [0.1, 0.15) is 5.82 Å². The van der Waals surface area contributed by atoms with Crippen LogP contribution in [0.2, 0.25) is 0 Å². The summed E-state index contributed by atoms with van der Waals surface area (Å²) >= 11 is 0.771. The minimum absolute atomic E-state index is 0.215. The molecule has 2 amide bonds. The number of carbonyl (C=O) groups excluding carboxylic acids is 3. The Morgan fingerprint density at radius 3 is 2.38 bits per heavy atom. The van der Waals surface area contributed by atoms with Gasteiger partial charge in [-0.25, -0.2) is 4.39 Å². The number of imide groups is 1. The predicted molar refractivity (Wildman–Crippen MR) is 89.8 cm³/mol. The van der Waals surface area contributed by atoms with Crippen LogP contribution in [0.5, 0.6) is 0 Å². The Hall–Kier alpha value is -2.73. The van der Waals surface area contributed by atoms with E-state index >= 15 is 0 Å². The SMILES string of the molecule is O=C(CN1C(=O)S/C(=C\c2ccc(F)cc2)C1=O)c1ccccc1. The number of hydrogen-bond donors (Lipinski definition) is 0. The third kappa shape index (κ3) is 3.44. The first kappa shape index (κ1) is 16.1. The van der Waals surface area contributed by atoms with Gasteiger partial charge in [0.05, 0.1) is 11.4 Å². The van der Waals surface area contributed by atoms with Crippen molar-refractivity contribution in [2.45, 2.75) is 0 Å². The fraction of sp³-hybridized carbons (Fsp3) is 0.0556. The molecule has 1 heterocycles. The van der Waals surface area contributed by atoms with Crippen molar-refractivity contribution >= 4 is 34.8 Å². The Morgan fingerprint density at radius 2 is 1.71 bits per heavy atom. The van der Waals surface area contributed by atoms with Crippen molar-refractivity contribution in [2.24, 2.45) is 0 Å². The maximum absolute atomic E-state index is 12.9. The van der Waals surface area contributed by atoms with Crippen LogP contribution in [0.4, 0.5) is 9.18 Å². The molecule has 120 valence electrons. The molecular formula is C18H12FNO3S. The largest absolute Gasteiger partial charge is 0.293 e. The normalized spacial score (nSPS) is 16.0. The molecule has 1 aliphatic rings. The lowest BCUT2D eigenvalue weighted by molar-refractivity contribution is -0.122. The van der Waals surface area contributed by atoms with E-state index in [4.69, 9.17) is 0 Å². The van der Waals surface area contributed by atoms with Crippen molar-refractivity contribution in [3.8, 4) is 0 Å². The first-order valence-corrected chi connectivity index (χ1v) is 7.95. The minimum atomic E-state index is -0.515. The maximum atomic E-state index is 12.9. The smallest absolute Gasteiger partial charge is 0.292 e. The van der Waals surface area contributed by atoms with Crippen molar-refractivity contribution in [1.82, 2.24) is 4.90 Å². The van der Waals surface area contributed by atoms with Crippen LogP contribution in [0, 0.1) is 5.82 Å². The van der Waals surface area contributed by atoms with Crippen molar-refractivity contribution in [3.05, 3.63) is 76.4 Å². The van der Waals surface area contributed by atoms with Gasteiger partial charge in [0.25, 0.3) is 11.1 Å². The zero-order valence-electron chi connectivity index (χ0n) is 12.4. The summed E-state index contributed by atoms with van der Waals surface area (Å²) in [6, 6.07) is 14.1. The molecule has 0 unspecified atom stereocenters. The van der Waals surface area contributed by atoms with Gasteiger partial charge < -0.3 is 0 Å². The second-order valence-electron chi connectivity index (χ2n) is 5.11. The molecule has 0 bridgehead atoms. The predicted octanol–water partition coefficient (Wildman–Crippen LogP) is 3.74. The number of halogens is 1. The Bertz CT molecular complexity index is 831. The van der Waals surface area contributed by atoms with Gasteiger partial charge in [-0.3, -0.25) is 19.3 Å². The third-order valence-electron chi connectivity index (χ3n) is 3.44. The highest BCUT2D eigenvalue weighted by Gasteiger charge is 2.36. The fourth-order valence-electron chi connectivity index (χ4n) is 2.21. The molecule has 6 heteroatoms. The molecule has 2 aromatic carbocycles. The maximum Gasteiger partial charge on any atom is 0.293 e. The Kier molecular flexibility index (Phi) is 4.57. The number of benzene rings is 2. The van der Waals surface area contributed by atoms with Crippen LogP contribution in [-0.2, 0) is 4.79 Å². The lowest BCUT2D eigenvalue weighted by Gasteiger charge is -2.11. The molecule has 0 aliphatic carbocycles. The summed E-state index contributed by atoms with van der Waals surface area (Å²) in [6.07, 6.45) is 1.51. The van der Waals surface area contributed by atoms with E-state index < -0.39 is 11.1 Å². The molecule has 1 aliphatic heterocycles. The Balaban J connectivity index is 1.77. The highest BCUT2D eigenvalue weighted by Crippen LogP contribution is 2.32. The Morgan fingerprint density at radius 1 is 1.04 bits per heavy atom. The van der Waals surface area contributed by atoms with Crippen molar-refractivity contribution in [1.29, 1.82) is 0 Å². The highest BCUT2D eigenvalue weighted by molar-refractivity contribution is 8.18. The number of Topliss-reactive ketones (excluding diaryl/α,β-unsaturated/α-hetero) is 1. The monoisotopic (exact) mass is 341 g/mol. The van der Waals surface area contributed by atoms with Crippen LogP contribution >= 0.6 is 11.8 Å². The van der Waals surface area contributed by atoms with E-state index in [0.717, 1.165) is 16.7 Å². The summed E-state index contributed by atoms with van der Waals surface area (Å²) < 4.78 is 12.9. The molecule has 0 atom stereocenters. The molecule has 0 N–H and O–H groups in total. The summed E-state index contributed by atoms with van der Waals surface area (Å²) in [4.78, 5) is 37.7. The molecule has 4 nitrogen and oxygen atoms in total. The van der Waals surface area contributed by atoms with Gasteiger partial charge in [-0.2, -0.15) is 0 Å². The molecule has 0 aromatic heterocycles. The summed E-state index contributed by atoms with van der Waals surface area (Å²) in [5, 5.41) is -0.488. The van der Waals surface area contributed by atoms with Crippen molar-refractivity contribution in [3.63, 3.8) is 0 Å².